The number of benzene rings is 1. The predicted octanol–water partition coefficient (Wildman–Crippen LogP) is 3.35. The van der Waals surface area contributed by atoms with Crippen LogP contribution in [0.15, 0.2) is 47.2 Å². The van der Waals surface area contributed by atoms with E-state index in [4.69, 9.17) is 4.74 Å². The molecule has 3 rings (SSSR count). The number of hydrogen-bond acceptors (Lipinski definition) is 5. The van der Waals surface area contributed by atoms with E-state index in [1.807, 2.05) is 43.5 Å². The fraction of sp³-hybridized carbons (Fsp3) is 0.263. The van der Waals surface area contributed by atoms with Gasteiger partial charge in [0.15, 0.2) is 5.82 Å². The van der Waals surface area contributed by atoms with Crippen molar-refractivity contribution in [1.82, 2.24) is 19.6 Å². The number of esters is 1. The molecule has 0 fully saturated rings. The number of carbonyl (C=O) groups is 2. The summed E-state index contributed by atoms with van der Waals surface area (Å²) in [6.07, 6.45) is 3.41. The standard InChI is InChI=1S/C19H20BrN5O3/c1-3-28-19(27)15-11-21-25(14-7-5-4-6-8-14)18(15)22-17(26)9-10-24-12-16(20)13(2)23-24/h4-8,11-12H,3,9-10H2,1-2H3,(H,22,26). The maximum Gasteiger partial charge on any atom is 0.343 e. The molecule has 2 heterocycles. The number of hydrogen-bond donors (Lipinski definition) is 1. The lowest BCUT2D eigenvalue weighted by atomic mass is 10.3. The Balaban J connectivity index is 1.81. The Kier molecular flexibility index (Phi) is 6.25. The summed E-state index contributed by atoms with van der Waals surface area (Å²) in [6.45, 7) is 4.25. The number of aryl methyl sites for hydroxylation is 2. The zero-order chi connectivity index (χ0) is 20.1. The number of anilines is 1. The molecule has 0 aliphatic rings. The van der Waals surface area contributed by atoms with E-state index in [9.17, 15) is 9.59 Å². The van der Waals surface area contributed by atoms with Crippen LogP contribution in [0.25, 0.3) is 5.69 Å². The van der Waals surface area contributed by atoms with Gasteiger partial charge in [-0.3, -0.25) is 9.48 Å². The second kappa shape index (κ2) is 8.83. The molecule has 0 unspecified atom stereocenters. The highest BCUT2D eigenvalue weighted by Crippen LogP contribution is 2.21. The van der Waals surface area contributed by atoms with E-state index in [1.54, 1.807) is 11.6 Å². The molecular formula is C19H20BrN5O3. The number of para-hydroxylation sites is 1. The van der Waals surface area contributed by atoms with Crippen molar-refractivity contribution < 1.29 is 14.3 Å². The van der Waals surface area contributed by atoms with Crippen molar-refractivity contribution in [3.63, 3.8) is 0 Å². The van der Waals surface area contributed by atoms with Crippen LogP contribution in [0.2, 0.25) is 0 Å². The summed E-state index contributed by atoms with van der Waals surface area (Å²) in [4.78, 5) is 24.8. The summed E-state index contributed by atoms with van der Waals surface area (Å²) in [5.41, 5.74) is 1.78. The van der Waals surface area contributed by atoms with Gasteiger partial charge in [-0.25, -0.2) is 9.48 Å². The maximum atomic E-state index is 12.5. The fourth-order valence-corrected chi connectivity index (χ4v) is 2.93. The van der Waals surface area contributed by atoms with Crippen molar-refractivity contribution >= 4 is 33.6 Å². The Morgan fingerprint density at radius 2 is 2.00 bits per heavy atom. The van der Waals surface area contributed by atoms with E-state index in [0.717, 1.165) is 15.9 Å². The van der Waals surface area contributed by atoms with Crippen LogP contribution in [0.5, 0.6) is 0 Å². The van der Waals surface area contributed by atoms with Gasteiger partial charge in [0.1, 0.15) is 5.56 Å². The van der Waals surface area contributed by atoms with Crippen LogP contribution < -0.4 is 5.32 Å². The summed E-state index contributed by atoms with van der Waals surface area (Å²) in [5.74, 6) is -0.508. The molecule has 0 aliphatic carbocycles. The van der Waals surface area contributed by atoms with Crippen LogP contribution in [0.1, 0.15) is 29.4 Å². The van der Waals surface area contributed by atoms with Crippen molar-refractivity contribution in [3.8, 4) is 5.69 Å². The zero-order valence-corrected chi connectivity index (χ0v) is 17.1. The number of rotatable bonds is 7. The molecule has 28 heavy (non-hydrogen) atoms. The van der Waals surface area contributed by atoms with Crippen LogP contribution in [-0.2, 0) is 16.1 Å². The van der Waals surface area contributed by atoms with Gasteiger partial charge in [0.2, 0.25) is 5.91 Å². The van der Waals surface area contributed by atoms with Crippen LogP contribution in [-0.4, -0.2) is 38.0 Å². The van der Waals surface area contributed by atoms with Crippen LogP contribution in [0.4, 0.5) is 5.82 Å². The van der Waals surface area contributed by atoms with Gasteiger partial charge in [0.05, 0.1) is 28.7 Å². The topological polar surface area (TPSA) is 91.0 Å². The lowest BCUT2D eigenvalue weighted by Gasteiger charge is -2.11. The number of halogens is 1. The molecule has 9 heteroatoms. The second-order valence-electron chi connectivity index (χ2n) is 6.00. The lowest BCUT2D eigenvalue weighted by Crippen LogP contribution is -2.19. The largest absolute Gasteiger partial charge is 0.462 e. The molecular weight excluding hydrogens is 426 g/mol. The summed E-state index contributed by atoms with van der Waals surface area (Å²) < 4.78 is 9.18. The van der Waals surface area contributed by atoms with Gasteiger partial charge in [0.25, 0.3) is 0 Å². The second-order valence-corrected chi connectivity index (χ2v) is 6.85. The van der Waals surface area contributed by atoms with Gasteiger partial charge in [-0.2, -0.15) is 10.2 Å². The monoisotopic (exact) mass is 445 g/mol. The number of nitrogens with zero attached hydrogens (tertiary/aromatic N) is 4. The average molecular weight is 446 g/mol. The third-order valence-electron chi connectivity index (χ3n) is 3.98. The highest BCUT2D eigenvalue weighted by atomic mass is 79.9. The quantitative estimate of drug-likeness (QED) is 0.563. The molecule has 0 radical (unpaired) electrons. The minimum absolute atomic E-state index is 0.190. The summed E-state index contributed by atoms with van der Waals surface area (Å²) in [5, 5.41) is 11.4. The lowest BCUT2D eigenvalue weighted by molar-refractivity contribution is -0.116. The number of nitrogens with one attached hydrogen (secondary N) is 1. The zero-order valence-electron chi connectivity index (χ0n) is 15.6. The Morgan fingerprint density at radius 1 is 1.25 bits per heavy atom. The number of aromatic nitrogens is 4. The van der Waals surface area contributed by atoms with E-state index < -0.39 is 5.97 Å². The minimum atomic E-state index is -0.536. The molecule has 0 bridgehead atoms. The number of amides is 1. The van der Waals surface area contributed by atoms with Gasteiger partial charge < -0.3 is 10.1 Å². The van der Waals surface area contributed by atoms with Crippen LogP contribution in [0, 0.1) is 6.92 Å². The highest BCUT2D eigenvalue weighted by Gasteiger charge is 2.21. The first-order valence-electron chi connectivity index (χ1n) is 8.79. The molecule has 1 N–H and O–H groups in total. The third kappa shape index (κ3) is 4.48. The molecule has 0 spiro atoms. The Hall–Kier alpha value is -2.94. The van der Waals surface area contributed by atoms with Gasteiger partial charge in [-0.05, 0) is 41.9 Å². The molecule has 0 saturated heterocycles. The van der Waals surface area contributed by atoms with E-state index in [1.165, 1.54) is 10.9 Å². The normalized spacial score (nSPS) is 10.7. The van der Waals surface area contributed by atoms with E-state index >= 15 is 0 Å². The summed E-state index contributed by atoms with van der Waals surface area (Å²) >= 11 is 3.40. The summed E-state index contributed by atoms with van der Waals surface area (Å²) in [7, 11) is 0. The van der Waals surface area contributed by atoms with E-state index in [2.05, 4.69) is 31.4 Å². The van der Waals surface area contributed by atoms with Gasteiger partial charge in [-0.15, -0.1) is 0 Å². The molecule has 2 aromatic heterocycles. The van der Waals surface area contributed by atoms with E-state index in [0.29, 0.717) is 6.54 Å². The molecule has 1 aromatic carbocycles. The third-order valence-corrected chi connectivity index (χ3v) is 4.76. The highest BCUT2D eigenvalue weighted by molar-refractivity contribution is 9.10. The van der Waals surface area contributed by atoms with Crippen molar-refractivity contribution in [2.24, 2.45) is 0 Å². The van der Waals surface area contributed by atoms with Crippen molar-refractivity contribution in [2.75, 3.05) is 11.9 Å². The fourth-order valence-electron chi connectivity index (χ4n) is 2.61. The van der Waals surface area contributed by atoms with Gasteiger partial charge >= 0.3 is 5.97 Å². The Bertz CT molecular complexity index is 961. The first-order valence-corrected chi connectivity index (χ1v) is 9.59. The minimum Gasteiger partial charge on any atom is -0.462 e. The van der Waals surface area contributed by atoms with E-state index in [-0.39, 0.29) is 30.3 Å². The molecule has 8 nitrogen and oxygen atoms in total. The SMILES string of the molecule is CCOC(=O)c1cnn(-c2ccccc2)c1NC(=O)CCn1cc(Br)c(C)n1. The molecule has 0 aliphatic heterocycles. The molecule has 0 atom stereocenters. The van der Waals surface area contributed by atoms with Crippen molar-refractivity contribution in [3.05, 3.63) is 58.5 Å². The molecule has 1 amide bonds. The van der Waals surface area contributed by atoms with Crippen LogP contribution in [0.3, 0.4) is 0 Å². The average Bonchev–Trinajstić information content (AvgIpc) is 3.24. The predicted molar refractivity (Wildman–Crippen MR) is 107 cm³/mol. The molecule has 3 aromatic rings. The van der Waals surface area contributed by atoms with Crippen molar-refractivity contribution in [2.45, 2.75) is 26.8 Å². The number of ether oxygens (including phenoxy) is 1. The first-order chi connectivity index (χ1) is 13.5. The Morgan fingerprint density at radius 3 is 2.64 bits per heavy atom. The molecule has 146 valence electrons. The molecule has 0 saturated carbocycles. The van der Waals surface area contributed by atoms with Crippen LogP contribution >= 0.6 is 15.9 Å². The maximum absolute atomic E-state index is 12.5. The first kappa shape index (κ1) is 19.8. The van der Waals surface area contributed by atoms with Gasteiger partial charge in [-0.1, -0.05) is 18.2 Å². The Labute approximate surface area is 170 Å². The van der Waals surface area contributed by atoms with Crippen molar-refractivity contribution in [1.29, 1.82) is 0 Å². The summed E-state index contributed by atoms with van der Waals surface area (Å²) in [6, 6.07) is 9.25. The van der Waals surface area contributed by atoms with Gasteiger partial charge in [0, 0.05) is 19.2 Å². The smallest absolute Gasteiger partial charge is 0.343 e. The number of carbonyl (C=O) groups excluding carboxylic acids is 2.